The minimum atomic E-state index is -0.0257. The standard InChI is InChI=1S/C14H20ClNO2/c1-2-3-11-18-13-8-5-4-7-12(13)16-14(17)9-6-10-15/h4-5,7-8H,2-3,6,9-11H2,1H3,(H,16,17). The van der Waals surface area contributed by atoms with Crippen LogP contribution in [0.2, 0.25) is 0 Å². The van der Waals surface area contributed by atoms with Crippen LogP contribution in [0.25, 0.3) is 0 Å². The summed E-state index contributed by atoms with van der Waals surface area (Å²) in [5, 5.41) is 2.85. The van der Waals surface area contributed by atoms with Crippen LogP contribution in [0.3, 0.4) is 0 Å². The van der Waals surface area contributed by atoms with E-state index in [9.17, 15) is 4.79 Å². The molecule has 1 aromatic rings. The molecular weight excluding hydrogens is 250 g/mol. The van der Waals surface area contributed by atoms with Gasteiger partial charge in [-0.3, -0.25) is 4.79 Å². The first-order valence-corrected chi connectivity index (χ1v) is 6.89. The van der Waals surface area contributed by atoms with Crippen molar-refractivity contribution >= 4 is 23.2 Å². The fraction of sp³-hybridized carbons (Fsp3) is 0.500. The molecule has 0 bridgehead atoms. The van der Waals surface area contributed by atoms with Gasteiger partial charge in [-0.25, -0.2) is 0 Å². The Morgan fingerprint density at radius 3 is 2.83 bits per heavy atom. The van der Waals surface area contributed by atoms with E-state index in [1.54, 1.807) is 0 Å². The molecule has 1 amide bonds. The lowest BCUT2D eigenvalue weighted by Crippen LogP contribution is -2.12. The van der Waals surface area contributed by atoms with Crippen molar-refractivity contribution in [2.24, 2.45) is 0 Å². The average molecular weight is 270 g/mol. The van der Waals surface area contributed by atoms with E-state index >= 15 is 0 Å². The zero-order valence-corrected chi connectivity index (χ0v) is 11.5. The van der Waals surface area contributed by atoms with Crippen molar-refractivity contribution in [2.75, 3.05) is 17.8 Å². The minimum Gasteiger partial charge on any atom is -0.491 e. The summed E-state index contributed by atoms with van der Waals surface area (Å²) < 4.78 is 5.64. The van der Waals surface area contributed by atoms with E-state index in [4.69, 9.17) is 16.3 Å². The lowest BCUT2D eigenvalue weighted by atomic mass is 10.2. The first-order valence-electron chi connectivity index (χ1n) is 6.35. The predicted octanol–water partition coefficient (Wildman–Crippen LogP) is 3.82. The summed E-state index contributed by atoms with van der Waals surface area (Å²) in [7, 11) is 0. The lowest BCUT2D eigenvalue weighted by molar-refractivity contribution is -0.116. The van der Waals surface area contributed by atoms with Crippen LogP contribution in [0.15, 0.2) is 24.3 Å². The number of anilines is 1. The fourth-order valence-electron chi connectivity index (χ4n) is 1.46. The molecule has 0 aliphatic rings. The summed E-state index contributed by atoms with van der Waals surface area (Å²) in [5.74, 6) is 1.20. The number of amides is 1. The van der Waals surface area contributed by atoms with Crippen molar-refractivity contribution in [3.05, 3.63) is 24.3 Å². The van der Waals surface area contributed by atoms with Crippen molar-refractivity contribution in [3.63, 3.8) is 0 Å². The van der Waals surface area contributed by atoms with Gasteiger partial charge in [0.1, 0.15) is 5.75 Å². The number of rotatable bonds is 8. The second-order valence-corrected chi connectivity index (χ2v) is 4.42. The molecule has 1 N–H and O–H groups in total. The molecule has 1 rings (SSSR count). The van der Waals surface area contributed by atoms with Gasteiger partial charge in [0, 0.05) is 12.3 Å². The number of ether oxygens (including phenoxy) is 1. The van der Waals surface area contributed by atoms with Crippen LogP contribution in [0.5, 0.6) is 5.75 Å². The van der Waals surface area contributed by atoms with E-state index in [2.05, 4.69) is 12.2 Å². The van der Waals surface area contributed by atoms with Gasteiger partial charge in [0.25, 0.3) is 0 Å². The monoisotopic (exact) mass is 269 g/mol. The van der Waals surface area contributed by atoms with Gasteiger partial charge in [-0.05, 0) is 25.0 Å². The Hall–Kier alpha value is -1.22. The first kappa shape index (κ1) is 14.8. The van der Waals surface area contributed by atoms with Gasteiger partial charge in [-0.1, -0.05) is 25.5 Å². The molecule has 0 aliphatic carbocycles. The number of hydrogen-bond acceptors (Lipinski definition) is 2. The first-order chi connectivity index (χ1) is 8.77. The molecule has 0 aromatic heterocycles. The van der Waals surface area contributed by atoms with Crippen molar-refractivity contribution in [1.29, 1.82) is 0 Å². The summed E-state index contributed by atoms with van der Waals surface area (Å²) in [6.45, 7) is 2.79. The highest BCUT2D eigenvalue weighted by atomic mass is 35.5. The molecule has 3 nitrogen and oxygen atoms in total. The highest BCUT2D eigenvalue weighted by Gasteiger charge is 2.06. The maximum atomic E-state index is 11.6. The van der Waals surface area contributed by atoms with Gasteiger partial charge in [0.2, 0.25) is 5.91 Å². The highest BCUT2D eigenvalue weighted by Crippen LogP contribution is 2.24. The van der Waals surface area contributed by atoms with Crippen LogP contribution in [0.4, 0.5) is 5.69 Å². The molecule has 1 aromatic carbocycles. The van der Waals surface area contributed by atoms with Crippen LogP contribution < -0.4 is 10.1 Å². The maximum Gasteiger partial charge on any atom is 0.224 e. The SMILES string of the molecule is CCCCOc1ccccc1NC(=O)CCCCl. The van der Waals surface area contributed by atoms with E-state index in [0.29, 0.717) is 25.3 Å². The molecule has 0 heterocycles. The predicted molar refractivity (Wildman–Crippen MR) is 75.4 cm³/mol. The van der Waals surface area contributed by atoms with Crippen molar-refractivity contribution in [2.45, 2.75) is 32.6 Å². The van der Waals surface area contributed by atoms with Crippen molar-refractivity contribution in [1.82, 2.24) is 0 Å². The smallest absolute Gasteiger partial charge is 0.224 e. The Kier molecular flexibility index (Phi) is 7.26. The largest absolute Gasteiger partial charge is 0.491 e. The molecule has 0 spiro atoms. The second kappa shape index (κ2) is 8.81. The van der Waals surface area contributed by atoms with Crippen LogP contribution in [0, 0.1) is 0 Å². The third-order valence-electron chi connectivity index (χ3n) is 2.45. The number of nitrogens with one attached hydrogen (secondary N) is 1. The molecule has 18 heavy (non-hydrogen) atoms. The minimum absolute atomic E-state index is 0.0257. The molecule has 0 aliphatic heterocycles. The van der Waals surface area contributed by atoms with E-state index < -0.39 is 0 Å². The lowest BCUT2D eigenvalue weighted by Gasteiger charge is -2.12. The number of para-hydroxylation sites is 2. The van der Waals surface area contributed by atoms with E-state index in [1.165, 1.54) is 0 Å². The van der Waals surface area contributed by atoms with Crippen LogP contribution >= 0.6 is 11.6 Å². The van der Waals surface area contributed by atoms with E-state index in [0.717, 1.165) is 24.3 Å². The third kappa shape index (κ3) is 5.41. The van der Waals surface area contributed by atoms with Crippen molar-refractivity contribution < 1.29 is 9.53 Å². The van der Waals surface area contributed by atoms with Gasteiger partial charge >= 0.3 is 0 Å². The molecule has 0 unspecified atom stereocenters. The Labute approximate surface area is 113 Å². The Morgan fingerprint density at radius 1 is 1.33 bits per heavy atom. The second-order valence-electron chi connectivity index (χ2n) is 4.04. The van der Waals surface area contributed by atoms with Gasteiger partial charge in [0.05, 0.1) is 12.3 Å². The van der Waals surface area contributed by atoms with Crippen molar-refractivity contribution in [3.8, 4) is 5.75 Å². The Balaban J connectivity index is 2.55. The molecule has 4 heteroatoms. The summed E-state index contributed by atoms with van der Waals surface area (Å²) in [6.07, 6.45) is 3.22. The number of carbonyl (C=O) groups excluding carboxylic acids is 1. The molecule has 0 saturated heterocycles. The molecule has 100 valence electrons. The number of halogens is 1. The zero-order valence-electron chi connectivity index (χ0n) is 10.7. The molecule has 0 fully saturated rings. The average Bonchev–Trinajstić information content (AvgIpc) is 2.38. The summed E-state index contributed by atoms with van der Waals surface area (Å²) in [4.78, 5) is 11.6. The number of unbranched alkanes of at least 4 members (excludes halogenated alkanes) is 1. The molecular formula is C14H20ClNO2. The van der Waals surface area contributed by atoms with Gasteiger partial charge in [-0.2, -0.15) is 0 Å². The van der Waals surface area contributed by atoms with Crippen LogP contribution in [-0.4, -0.2) is 18.4 Å². The third-order valence-corrected chi connectivity index (χ3v) is 2.72. The zero-order chi connectivity index (χ0) is 13.2. The number of benzene rings is 1. The molecule has 0 radical (unpaired) electrons. The summed E-state index contributed by atoms with van der Waals surface area (Å²) in [6, 6.07) is 7.49. The number of carbonyl (C=O) groups is 1. The van der Waals surface area contributed by atoms with Gasteiger partial charge < -0.3 is 10.1 Å². The van der Waals surface area contributed by atoms with Crippen LogP contribution in [0.1, 0.15) is 32.6 Å². The van der Waals surface area contributed by atoms with E-state index in [-0.39, 0.29) is 5.91 Å². The molecule has 0 saturated carbocycles. The Bertz CT molecular complexity index is 369. The quantitative estimate of drug-likeness (QED) is 0.575. The topological polar surface area (TPSA) is 38.3 Å². The van der Waals surface area contributed by atoms with Crippen LogP contribution in [-0.2, 0) is 4.79 Å². The van der Waals surface area contributed by atoms with Gasteiger partial charge in [0.15, 0.2) is 0 Å². The fourth-order valence-corrected chi connectivity index (χ4v) is 1.60. The highest BCUT2D eigenvalue weighted by molar-refractivity contribution is 6.18. The number of alkyl halides is 1. The maximum absolute atomic E-state index is 11.6. The molecule has 0 atom stereocenters. The Morgan fingerprint density at radius 2 is 2.11 bits per heavy atom. The van der Waals surface area contributed by atoms with E-state index in [1.807, 2.05) is 24.3 Å². The van der Waals surface area contributed by atoms with Gasteiger partial charge in [-0.15, -0.1) is 11.6 Å². The summed E-state index contributed by atoms with van der Waals surface area (Å²) >= 11 is 5.56. The number of hydrogen-bond donors (Lipinski definition) is 1. The summed E-state index contributed by atoms with van der Waals surface area (Å²) in [5.41, 5.74) is 0.730. The normalized spacial score (nSPS) is 10.1.